The smallest absolute Gasteiger partial charge is 0.318 e. The van der Waals surface area contributed by atoms with Gasteiger partial charge in [-0.3, -0.25) is 0 Å². The van der Waals surface area contributed by atoms with Crippen molar-refractivity contribution in [2.75, 3.05) is 36.9 Å². The van der Waals surface area contributed by atoms with Crippen molar-refractivity contribution in [2.24, 2.45) is 0 Å². The number of nitrogens with zero attached hydrogens (tertiary/aromatic N) is 5. The Morgan fingerprint density at radius 3 is 2.60 bits per heavy atom. The van der Waals surface area contributed by atoms with Crippen LogP contribution in [0.25, 0.3) is 22.8 Å². The SMILES string of the molecule is Cc1ccc(-c2cnc(N)c(-c3nnc(N4CCOCC4)o3)n2)cc1. The van der Waals surface area contributed by atoms with Gasteiger partial charge < -0.3 is 19.8 Å². The molecule has 3 heterocycles. The van der Waals surface area contributed by atoms with Crippen LogP contribution in [0, 0.1) is 6.92 Å². The maximum Gasteiger partial charge on any atom is 0.318 e. The van der Waals surface area contributed by atoms with Gasteiger partial charge in [-0.2, -0.15) is 0 Å². The number of hydrogen-bond acceptors (Lipinski definition) is 8. The summed E-state index contributed by atoms with van der Waals surface area (Å²) in [5.74, 6) is 0.522. The van der Waals surface area contributed by atoms with Crippen molar-refractivity contribution in [3.05, 3.63) is 36.0 Å². The quantitative estimate of drug-likeness (QED) is 0.772. The average Bonchev–Trinajstić information content (AvgIpc) is 3.14. The van der Waals surface area contributed by atoms with Gasteiger partial charge >= 0.3 is 6.01 Å². The van der Waals surface area contributed by atoms with Gasteiger partial charge in [0.05, 0.1) is 25.1 Å². The Morgan fingerprint density at radius 2 is 1.84 bits per heavy atom. The second-order valence-electron chi connectivity index (χ2n) is 5.84. The van der Waals surface area contributed by atoms with Crippen LogP contribution < -0.4 is 10.6 Å². The number of hydrogen-bond donors (Lipinski definition) is 1. The highest BCUT2D eigenvalue weighted by atomic mass is 16.5. The van der Waals surface area contributed by atoms with Crippen LogP contribution in [0.5, 0.6) is 0 Å². The van der Waals surface area contributed by atoms with Crippen LogP contribution >= 0.6 is 0 Å². The van der Waals surface area contributed by atoms with E-state index in [2.05, 4.69) is 20.2 Å². The maximum atomic E-state index is 5.98. The van der Waals surface area contributed by atoms with E-state index in [-0.39, 0.29) is 11.7 Å². The lowest BCUT2D eigenvalue weighted by Gasteiger charge is -2.24. The third-order valence-electron chi connectivity index (χ3n) is 4.05. The second kappa shape index (κ2) is 6.48. The van der Waals surface area contributed by atoms with Crippen LogP contribution in [0.15, 0.2) is 34.9 Å². The summed E-state index contributed by atoms with van der Waals surface area (Å²) in [5, 5.41) is 8.19. The van der Waals surface area contributed by atoms with Gasteiger partial charge in [-0.05, 0) is 6.92 Å². The molecule has 128 valence electrons. The first-order chi connectivity index (χ1) is 12.2. The van der Waals surface area contributed by atoms with Crippen molar-refractivity contribution >= 4 is 11.8 Å². The lowest BCUT2D eigenvalue weighted by Crippen LogP contribution is -2.36. The van der Waals surface area contributed by atoms with Gasteiger partial charge in [-0.1, -0.05) is 34.9 Å². The highest BCUT2D eigenvalue weighted by Gasteiger charge is 2.20. The normalized spacial score (nSPS) is 14.7. The molecule has 0 atom stereocenters. The molecule has 0 amide bonds. The summed E-state index contributed by atoms with van der Waals surface area (Å²) in [6.45, 7) is 4.75. The number of aryl methyl sites for hydroxylation is 1. The van der Waals surface area contributed by atoms with Crippen molar-refractivity contribution in [3.63, 3.8) is 0 Å². The van der Waals surface area contributed by atoms with Gasteiger partial charge in [0, 0.05) is 18.7 Å². The molecule has 4 rings (SSSR count). The van der Waals surface area contributed by atoms with Crippen molar-refractivity contribution in [2.45, 2.75) is 6.92 Å². The molecule has 0 aliphatic carbocycles. The minimum atomic E-state index is 0.257. The predicted molar refractivity (Wildman–Crippen MR) is 92.9 cm³/mol. The molecule has 1 aromatic carbocycles. The molecule has 0 bridgehead atoms. The topological polar surface area (TPSA) is 103 Å². The number of benzene rings is 1. The van der Waals surface area contributed by atoms with Crippen LogP contribution in [-0.2, 0) is 4.74 Å². The van der Waals surface area contributed by atoms with Crippen molar-refractivity contribution in [1.29, 1.82) is 0 Å². The second-order valence-corrected chi connectivity index (χ2v) is 5.84. The fourth-order valence-corrected chi connectivity index (χ4v) is 2.61. The van der Waals surface area contributed by atoms with Gasteiger partial charge in [0.15, 0.2) is 11.5 Å². The van der Waals surface area contributed by atoms with Gasteiger partial charge in [0.25, 0.3) is 5.89 Å². The van der Waals surface area contributed by atoms with Crippen molar-refractivity contribution < 1.29 is 9.15 Å². The standard InChI is InChI=1S/C17H18N6O2/c1-11-2-4-12(5-3-11)13-10-19-15(18)14(20-13)16-21-22-17(25-16)23-6-8-24-9-7-23/h2-5,10H,6-9H2,1H3,(H2,18,19). The van der Waals surface area contributed by atoms with E-state index in [4.69, 9.17) is 14.9 Å². The molecule has 0 saturated carbocycles. The zero-order valence-electron chi connectivity index (χ0n) is 13.8. The molecule has 3 aromatic rings. The van der Waals surface area contributed by atoms with Crippen LogP contribution in [0.1, 0.15) is 5.56 Å². The van der Waals surface area contributed by atoms with Crippen LogP contribution in [0.2, 0.25) is 0 Å². The summed E-state index contributed by atoms with van der Waals surface area (Å²) in [7, 11) is 0. The van der Waals surface area contributed by atoms with Gasteiger partial charge in [-0.15, -0.1) is 5.10 Å². The maximum absolute atomic E-state index is 5.98. The number of nitrogens with two attached hydrogens (primary N) is 1. The molecular formula is C17H18N6O2. The number of anilines is 2. The molecule has 1 fully saturated rings. The van der Waals surface area contributed by atoms with Crippen molar-refractivity contribution in [3.8, 4) is 22.8 Å². The molecule has 0 spiro atoms. The molecule has 0 radical (unpaired) electrons. The monoisotopic (exact) mass is 338 g/mol. The summed E-state index contributed by atoms with van der Waals surface area (Å²) in [6, 6.07) is 8.48. The molecule has 1 aliphatic rings. The van der Waals surface area contributed by atoms with E-state index in [1.807, 2.05) is 36.1 Å². The number of ether oxygens (including phenoxy) is 1. The van der Waals surface area contributed by atoms with Crippen LogP contribution in [0.3, 0.4) is 0 Å². The lowest BCUT2D eigenvalue weighted by molar-refractivity contribution is 0.120. The van der Waals surface area contributed by atoms with Gasteiger partial charge in [0.2, 0.25) is 0 Å². The van der Waals surface area contributed by atoms with Gasteiger partial charge in [0.1, 0.15) is 0 Å². The zero-order valence-corrected chi connectivity index (χ0v) is 13.8. The minimum Gasteiger partial charge on any atom is -0.401 e. The molecule has 8 nitrogen and oxygen atoms in total. The van der Waals surface area contributed by atoms with Crippen molar-refractivity contribution in [1.82, 2.24) is 20.2 Å². The summed E-state index contributed by atoms with van der Waals surface area (Å²) >= 11 is 0. The third-order valence-corrected chi connectivity index (χ3v) is 4.05. The Hall–Kier alpha value is -3.00. The van der Waals surface area contributed by atoms with E-state index < -0.39 is 0 Å². The highest BCUT2D eigenvalue weighted by molar-refractivity contribution is 5.68. The molecular weight excluding hydrogens is 320 g/mol. The number of rotatable bonds is 3. The molecule has 1 saturated heterocycles. The highest BCUT2D eigenvalue weighted by Crippen LogP contribution is 2.27. The largest absolute Gasteiger partial charge is 0.401 e. The summed E-state index contributed by atoms with van der Waals surface area (Å²) in [4.78, 5) is 10.8. The summed E-state index contributed by atoms with van der Waals surface area (Å²) in [5.41, 5.74) is 9.21. The number of morpholine rings is 1. The first-order valence-electron chi connectivity index (χ1n) is 8.07. The van der Waals surface area contributed by atoms with E-state index in [1.54, 1.807) is 6.20 Å². The Bertz CT molecular complexity index is 871. The van der Waals surface area contributed by atoms with E-state index in [9.17, 15) is 0 Å². The Kier molecular flexibility index (Phi) is 4.02. The zero-order chi connectivity index (χ0) is 17.2. The average molecular weight is 338 g/mol. The van der Waals surface area contributed by atoms with E-state index in [0.29, 0.717) is 43.7 Å². The van der Waals surface area contributed by atoms with Gasteiger partial charge in [-0.25, -0.2) is 9.97 Å². The van der Waals surface area contributed by atoms with E-state index in [1.165, 1.54) is 5.56 Å². The first-order valence-corrected chi connectivity index (χ1v) is 8.07. The molecule has 0 unspecified atom stereocenters. The molecule has 2 aromatic heterocycles. The first kappa shape index (κ1) is 15.5. The third kappa shape index (κ3) is 3.16. The predicted octanol–water partition coefficient (Wildman–Crippen LogP) is 1.92. The molecule has 25 heavy (non-hydrogen) atoms. The minimum absolute atomic E-state index is 0.257. The summed E-state index contributed by atoms with van der Waals surface area (Å²) in [6.07, 6.45) is 1.64. The Balaban J connectivity index is 1.67. The van der Waals surface area contributed by atoms with Crippen LogP contribution in [0.4, 0.5) is 11.8 Å². The number of aromatic nitrogens is 4. The Labute approximate surface area is 144 Å². The fraction of sp³-hybridized carbons (Fsp3) is 0.294. The Morgan fingerprint density at radius 1 is 1.08 bits per heavy atom. The molecule has 2 N–H and O–H groups in total. The summed E-state index contributed by atoms with van der Waals surface area (Å²) < 4.78 is 11.1. The molecule has 8 heteroatoms. The fourth-order valence-electron chi connectivity index (χ4n) is 2.61. The lowest BCUT2D eigenvalue weighted by atomic mass is 10.1. The van der Waals surface area contributed by atoms with Crippen LogP contribution in [-0.4, -0.2) is 46.5 Å². The van der Waals surface area contributed by atoms with E-state index in [0.717, 1.165) is 5.56 Å². The number of nitrogen functional groups attached to an aromatic ring is 1. The van der Waals surface area contributed by atoms with E-state index >= 15 is 0 Å². The molecule has 1 aliphatic heterocycles.